The van der Waals surface area contributed by atoms with Crippen LogP contribution in [0, 0.1) is 5.41 Å². The van der Waals surface area contributed by atoms with Crippen molar-refractivity contribution in [3.05, 3.63) is 0 Å². The fourth-order valence-corrected chi connectivity index (χ4v) is 1.29. The largest absolute Gasteiger partial charge is 0.467 e. The third-order valence-corrected chi connectivity index (χ3v) is 2.06. The van der Waals surface area contributed by atoms with E-state index in [1.807, 2.05) is 20.8 Å². The van der Waals surface area contributed by atoms with Gasteiger partial charge in [-0.15, -0.1) is 0 Å². The lowest BCUT2D eigenvalue weighted by atomic mass is 9.92. The summed E-state index contributed by atoms with van der Waals surface area (Å²) >= 11 is 3.98. The molecule has 0 bridgehead atoms. The summed E-state index contributed by atoms with van der Waals surface area (Å²) in [7, 11) is 1.29. The van der Waals surface area contributed by atoms with Gasteiger partial charge in [0.25, 0.3) is 0 Å². The molecular formula is C10H19NO3S. The van der Waals surface area contributed by atoms with Crippen molar-refractivity contribution in [2.45, 2.75) is 33.2 Å². The molecule has 1 unspecified atom stereocenters. The van der Waals surface area contributed by atoms with Crippen molar-refractivity contribution in [1.29, 1.82) is 0 Å². The molecule has 0 aromatic heterocycles. The molecular weight excluding hydrogens is 214 g/mol. The van der Waals surface area contributed by atoms with E-state index in [0.29, 0.717) is 6.42 Å². The highest BCUT2D eigenvalue weighted by molar-refractivity contribution is 7.80. The van der Waals surface area contributed by atoms with Crippen LogP contribution in [-0.4, -0.2) is 30.8 Å². The fraction of sp³-hybridized carbons (Fsp3) is 0.800. The van der Waals surface area contributed by atoms with E-state index in [0.717, 1.165) is 0 Å². The van der Waals surface area contributed by atoms with Crippen molar-refractivity contribution < 1.29 is 14.3 Å². The molecule has 0 saturated carbocycles. The van der Waals surface area contributed by atoms with Crippen LogP contribution in [0.15, 0.2) is 0 Å². The summed E-state index contributed by atoms with van der Waals surface area (Å²) in [6, 6.07) is -0.659. The molecule has 1 amide bonds. The van der Waals surface area contributed by atoms with Crippen LogP contribution in [0.4, 0.5) is 0 Å². The Kier molecular flexibility index (Phi) is 5.72. The lowest BCUT2D eigenvalue weighted by Crippen LogP contribution is -2.43. The Hall–Kier alpha value is -0.710. The molecule has 0 aliphatic carbocycles. The normalized spacial score (nSPS) is 13.1. The van der Waals surface area contributed by atoms with Crippen LogP contribution in [0.5, 0.6) is 0 Å². The van der Waals surface area contributed by atoms with E-state index in [4.69, 9.17) is 0 Å². The Balaban J connectivity index is 4.20. The van der Waals surface area contributed by atoms with Gasteiger partial charge in [0.1, 0.15) is 6.04 Å². The minimum atomic E-state index is -0.659. The van der Waals surface area contributed by atoms with E-state index in [2.05, 4.69) is 22.7 Å². The van der Waals surface area contributed by atoms with Crippen LogP contribution < -0.4 is 5.32 Å². The summed E-state index contributed by atoms with van der Waals surface area (Å²) in [5, 5.41) is 2.58. The lowest BCUT2D eigenvalue weighted by Gasteiger charge is -2.20. The van der Waals surface area contributed by atoms with E-state index >= 15 is 0 Å². The minimum absolute atomic E-state index is 0.0959. The van der Waals surface area contributed by atoms with Gasteiger partial charge in [-0.1, -0.05) is 20.8 Å². The molecule has 0 rings (SSSR count). The average Bonchev–Trinajstić information content (AvgIpc) is 2.10. The van der Waals surface area contributed by atoms with Crippen molar-refractivity contribution in [3.63, 3.8) is 0 Å². The number of amides is 1. The summed E-state index contributed by atoms with van der Waals surface area (Å²) in [5.41, 5.74) is -0.0959. The molecule has 88 valence electrons. The van der Waals surface area contributed by atoms with E-state index < -0.39 is 12.0 Å². The number of hydrogen-bond donors (Lipinski definition) is 2. The third-order valence-electron chi connectivity index (χ3n) is 1.69. The van der Waals surface area contributed by atoms with Crippen molar-refractivity contribution >= 4 is 24.5 Å². The second-order valence-corrected chi connectivity index (χ2v) is 4.93. The molecule has 0 aromatic carbocycles. The average molecular weight is 233 g/mol. The molecule has 0 radical (unpaired) electrons. The first-order valence-electron chi connectivity index (χ1n) is 4.78. The highest BCUT2D eigenvalue weighted by Gasteiger charge is 2.22. The maximum atomic E-state index is 11.5. The van der Waals surface area contributed by atoms with Crippen molar-refractivity contribution in [2.75, 3.05) is 12.9 Å². The van der Waals surface area contributed by atoms with E-state index in [1.54, 1.807) is 0 Å². The topological polar surface area (TPSA) is 55.4 Å². The Morgan fingerprint density at radius 3 is 2.27 bits per heavy atom. The first kappa shape index (κ1) is 14.3. The highest BCUT2D eigenvalue weighted by atomic mass is 32.1. The van der Waals surface area contributed by atoms with E-state index in [-0.39, 0.29) is 17.1 Å². The van der Waals surface area contributed by atoms with Crippen LogP contribution in [0.2, 0.25) is 0 Å². The summed E-state index contributed by atoms with van der Waals surface area (Å²) in [6.07, 6.45) is 0.369. The number of carbonyl (C=O) groups is 2. The molecule has 0 spiro atoms. The SMILES string of the molecule is COC(=O)C(CS)NC(=O)CC(C)(C)C. The highest BCUT2D eigenvalue weighted by Crippen LogP contribution is 2.17. The summed E-state index contributed by atoms with van der Waals surface area (Å²) in [6.45, 7) is 5.88. The van der Waals surface area contributed by atoms with Gasteiger partial charge in [0.15, 0.2) is 0 Å². The third kappa shape index (κ3) is 6.38. The predicted molar refractivity (Wildman–Crippen MR) is 61.9 cm³/mol. The Labute approximate surface area is 96.2 Å². The van der Waals surface area contributed by atoms with Gasteiger partial charge in [0.05, 0.1) is 7.11 Å². The van der Waals surface area contributed by atoms with Crippen molar-refractivity contribution in [1.82, 2.24) is 5.32 Å². The first-order valence-corrected chi connectivity index (χ1v) is 5.41. The van der Waals surface area contributed by atoms with Gasteiger partial charge in [-0.05, 0) is 5.41 Å². The molecule has 4 nitrogen and oxygen atoms in total. The van der Waals surface area contributed by atoms with E-state index in [1.165, 1.54) is 7.11 Å². The molecule has 0 aromatic rings. The maximum absolute atomic E-state index is 11.5. The second-order valence-electron chi connectivity index (χ2n) is 4.56. The van der Waals surface area contributed by atoms with Crippen molar-refractivity contribution in [2.24, 2.45) is 5.41 Å². The van der Waals surface area contributed by atoms with Gasteiger partial charge < -0.3 is 10.1 Å². The molecule has 0 aliphatic rings. The number of ether oxygens (including phenoxy) is 1. The monoisotopic (exact) mass is 233 g/mol. The predicted octanol–water partition coefficient (Wildman–Crippen LogP) is 1.01. The maximum Gasteiger partial charge on any atom is 0.329 e. The Bertz CT molecular complexity index is 235. The molecule has 1 N–H and O–H groups in total. The smallest absolute Gasteiger partial charge is 0.329 e. The quantitative estimate of drug-likeness (QED) is 0.563. The lowest BCUT2D eigenvalue weighted by molar-refractivity contribution is -0.144. The molecule has 0 fully saturated rings. The number of thiol groups is 1. The van der Waals surface area contributed by atoms with Gasteiger partial charge in [0, 0.05) is 12.2 Å². The Morgan fingerprint density at radius 1 is 1.40 bits per heavy atom. The second kappa shape index (κ2) is 6.00. The fourth-order valence-electron chi connectivity index (χ4n) is 1.05. The minimum Gasteiger partial charge on any atom is -0.467 e. The molecule has 1 atom stereocenters. The summed E-state index contributed by atoms with van der Waals surface area (Å²) in [4.78, 5) is 22.7. The zero-order valence-corrected chi connectivity index (χ0v) is 10.6. The summed E-state index contributed by atoms with van der Waals surface area (Å²) < 4.78 is 4.53. The zero-order chi connectivity index (χ0) is 12.1. The van der Waals surface area contributed by atoms with Gasteiger partial charge >= 0.3 is 5.97 Å². The van der Waals surface area contributed by atoms with Gasteiger partial charge in [0.2, 0.25) is 5.91 Å². The molecule has 5 heteroatoms. The molecule has 0 heterocycles. The molecule has 15 heavy (non-hydrogen) atoms. The number of hydrogen-bond acceptors (Lipinski definition) is 4. The standard InChI is InChI=1S/C10H19NO3S/c1-10(2,3)5-8(12)11-7(6-15)9(13)14-4/h7,15H,5-6H2,1-4H3,(H,11,12). The van der Waals surface area contributed by atoms with Crippen LogP contribution in [0.1, 0.15) is 27.2 Å². The first-order chi connectivity index (χ1) is 6.80. The zero-order valence-electron chi connectivity index (χ0n) is 9.66. The number of carbonyl (C=O) groups excluding carboxylic acids is 2. The Morgan fingerprint density at radius 2 is 1.93 bits per heavy atom. The van der Waals surface area contributed by atoms with Crippen LogP contribution >= 0.6 is 12.6 Å². The van der Waals surface area contributed by atoms with E-state index in [9.17, 15) is 9.59 Å². The number of methoxy groups -OCH3 is 1. The van der Waals surface area contributed by atoms with Crippen LogP contribution in [0.3, 0.4) is 0 Å². The van der Waals surface area contributed by atoms with Gasteiger partial charge in [-0.3, -0.25) is 4.79 Å². The molecule has 0 saturated heterocycles. The van der Waals surface area contributed by atoms with Gasteiger partial charge in [-0.2, -0.15) is 12.6 Å². The molecule has 0 aliphatic heterocycles. The number of nitrogens with one attached hydrogen (secondary N) is 1. The van der Waals surface area contributed by atoms with Crippen molar-refractivity contribution in [3.8, 4) is 0 Å². The van der Waals surface area contributed by atoms with Crippen LogP contribution in [-0.2, 0) is 14.3 Å². The van der Waals surface area contributed by atoms with Gasteiger partial charge in [-0.25, -0.2) is 4.79 Å². The number of esters is 1. The van der Waals surface area contributed by atoms with Crippen LogP contribution in [0.25, 0.3) is 0 Å². The summed E-state index contributed by atoms with van der Waals surface area (Å²) in [5.74, 6) is -0.387. The number of rotatable bonds is 4.